The number of hydrogen-bond acceptors (Lipinski definition) is 7. The van der Waals surface area contributed by atoms with Crippen molar-refractivity contribution in [2.45, 2.75) is 24.4 Å². The predicted octanol–water partition coefficient (Wildman–Crippen LogP) is 1.02. The van der Waals surface area contributed by atoms with Crippen LogP contribution in [-0.4, -0.2) is 63.9 Å². The SMILES string of the molecule is CC(=O)N1CCc2ccc[c]([Tl]([O]S(=O)(=O)C(F)(F)F)[O]S(=O)(=O)C(F)(F)F)c21. The molecular weight excluding hydrogens is 653 g/mol. The minimum absolute atomic E-state index is 0.000279. The summed E-state index contributed by atoms with van der Waals surface area (Å²) < 4.78 is 129. The standard InChI is InChI=1S/C10H10NO.2CHF3O3S.Tl/c1-8(12)11-7-6-9-4-2-3-5-10(9)11;2*2-1(3,4)8(5,6)7;/h2-4H,6-7H2,1H3;2*(H,5,6,7);/q;;;+2/p-2. The molecule has 0 atom stereocenters. The molecule has 1 aliphatic heterocycles. The zero-order chi connectivity index (χ0) is 22.4. The molecular formula is C12H10F6NO7S2Tl. The van der Waals surface area contributed by atoms with Gasteiger partial charge in [-0.2, -0.15) is 0 Å². The fourth-order valence-electron chi connectivity index (χ4n) is 2.45. The quantitative estimate of drug-likeness (QED) is 0.264. The summed E-state index contributed by atoms with van der Waals surface area (Å²) >= 11 is -6.05. The Morgan fingerprint density at radius 2 is 1.48 bits per heavy atom. The third-order valence-electron chi connectivity index (χ3n) is 3.65. The molecule has 1 aromatic carbocycles. The number of amides is 1. The van der Waals surface area contributed by atoms with Crippen LogP contribution in [0.25, 0.3) is 0 Å². The van der Waals surface area contributed by atoms with E-state index in [-0.39, 0.29) is 24.2 Å². The first-order valence-corrected chi connectivity index (χ1v) is 16.1. The van der Waals surface area contributed by atoms with E-state index in [9.17, 15) is 48.0 Å². The average Bonchev–Trinajstić information content (AvgIpc) is 2.95. The van der Waals surface area contributed by atoms with Crippen LogP contribution in [0.2, 0.25) is 0 Å². The van der Waals surface area contributed by atoms with E-state index in [4.69, 9.17) is 0 Å². The van der Waals surface area contributed by atoms with Gasteiger partial charge in [-0.05, 0) is 0 Å². The molecule has 162 valence electrons. The Morgan fingerprint density at radius 1 is 1.00 bits per heavy atom. The van der Waals surface area contributed by atoms with E-state index in [1.54, 1.807) is 0 Å². The number of benzene rings is 1. The molecule has 0 saturated carbocycles. The Hall–Kier alpha value is -0.988. The van der Waals surface area contributed by atoms with E-state index in [1.807, 2.05) is 0 Å². The number of alkyl halides is 6. The number of anilines is 1. The van der Waals surface area contributed by atoms with E-state index >= 15 is 0 Å². The van der Waals surface area contributed by atoms with Crippen molar-refractivity contribution in [3.63, 3.8) is 0 Å². The summed E-state index contributed by atoms with van der Waals surface area (Å²) in [6.07, 6.45) is 0.154. The van der Waals surface area contributed by atoms with Gasteiger partial charge < -0.3 is 0 Å². The van der Waals surface area contributed by atoms with Crippen molar-refractivity contribution in [1.82, 2.24) is 0 Å². The molecule has 0 saturated heterocycles. The first kappa shape index (κ1) is 24.3. The van der Waals surface area contributed by atoms with Gasteiger partial charge in [-0.25, -0.2) is 0 Å². The van der Waals surface area contributed by atoms with Gasteiger partial charge in [-0.3, -0.25) is 0 Å². The fourth-order valence-corrected chi connectivity index (χ4v) is 18.2. The summed E-state index contributed by atoms with van der Waals surface area (Å²) in [5, 5.41) is 0. The molecule has 1 amide bonds. The summed E-state index contributed by atoms with van der Waals surface area (Å²) in [7, 11) is -13.0. The van der Waals surface area contributed by atoms with Gasteiger partial charge in [0.05, 0.1) is 0 Å². The van der Waals surface area contributed by atoms with E-state index in [2.05, 4.69) is 4.27 Å². The molecule has 0 unspecified atom stereocenters. The number of halogens is 6. The van der Waals surface area contributed by atoms with Crippen LogP contribution < -0.4 is 8.02 Å². The number of fused-ring (bicyclic) bond motifs is 1. The van der Waals surface area contributed by atoms with Crippen molar-refractivity contribution in [3.8, 4) is 0 Å². The summed E-state index contributed by atoms with van der Waals surface area (Å²) in [5.74, 6) is -0.652. The van der Waals surface area contributed by atoms with Gasteiger partial charge in [0.25, 0.3) is 0 Å². The average molecular weight is 663 g/mol. The van der Waals surface area contributed by atoms with Crippen molar-refractivity contribution < 1.29 is 52.2 Å². The molecule has 0 N–H and O–H groups in total. The van der Waals surface area contributed by atoms with Gasteiger partial charge in [0.1, 0.15) is 0 Å². The summed E-state index contributed by atoms with van der Waals surface area (Å²) in [4.78, 5) is 12.7. The van der Waals surface area contributed by atoms with Crippen LogP contribution in [0.4, 0.5) is 32.0 Å². The number of hydrogen-bond donors (Lipinski definition) is 0. The topological polar surface area (TPSA) is 107 Å². The zero-order valence-electron chi connectivity index (χ0n) is 14.1. The first-order chi connectivity index (χ1) is 13.0. The van der Waals surface area contributed by atoms with Crippen molar-refractivity contribution in [3.05, 3.63) is 23.8 Å². The minimum atomic E-state index is -6.48. The molecule has 0 bridgehead atoms. The zero-order valence-corrected chi connectivity index (χ0v) is 20.2. The first-order valence-electron chi connectivity index (χ1n) is 7.37. The van der Waals surface area contributed by atoms with Crippen molar-refractivity contribution >= 4 is 58.6 Å². The number of rotatable bonds is 5. The van der Waals surface area contributed by atoms with E-state index in [1.165, 1.54) is 6.07 Å². The van der Waals surface area contributed by atoms with E-state index in [0.717, 1.165) is 24.0 Å². The second kappa shape index (κ2) is 7.93. The molecule has 29 heavy (non-hydrogen) atoms. The van der Waals surface area contributed by atoms with Gasteiger partial charge in [0.15, 0.2) is 0 Å². The summed E-state index contributed by atoms with van der Waals surface area (Å²) in [6, 6.07) is 3.42. The number of para-hydroxylation sites is 1. The van der Waals surface area contributed by atoms with Crippen LogP contribution in [0, 0.1) is 0 Å². The second-order valence-corrected chi connectivity index (χ2v) is 18.2. The van der Waals surface area contributed by atoms with E-state index in [0.29, 0.717) is 0 Å². The predicted molar refractivity (Wildman–Crippen MR) is 85.7 cm³/mol. The van der Waals surface area contributed by atoms with Crippen molar-refractivity contribution in [2.75, 3.05) is 11.4 Å². The van der Waals surface area contributed by atoms with Crippen molar-refractivity contribution in [2.24, 2.45) is 0 Å². The Bertz CT molecular complexity index is 976. The normalized spacial score (nSPS) is 15.3. The van der Waals surface area contributed by atoms with Crippen molar-refractivity contribution in [1.29, 1.82) is 0 Å². The molecule has 0 fully saturated rings. The number of nitrogens with zero attached hydrogens (tertiary/aromatic N) is 1. The van der Waals surface area contributed by atoms with Crippen LogP contribution in [0.3, 0.4) is 0 Å². The Balaban J connectivity index is 2.65. The molecule has 1 aromatic rings. The third-order valence-corrected chi connectivity index (χ3v) is 19.4. The van der Waals surface area contributed by atoms with Crippen LogP contribution in [0.1, 0.15) is 12.5 Å². The van der Waals surface area contributed by atoms with Gasteiger partial charge in [0.2, 0.25) is 0 Å². The molecule has 1 aliphatic rings. The third kappa shape index (κ3) is 5.02. The Morgan fingerprint density at radius 3 is 1.90 bits per heavy atom. The molecule has 2 rings (SSSR count). The maximum atomic E-state index is 12.7. The number of carbonyl (C=O) groups is 1. The molecule has 8 nitrogen and oxygen atoms in total. The molecule has 0 aromatic heterocycles. The number of carbonyl (C=O) groups excluding carboxylic acids is 1. The molecule has 0 radical (unpaired) electrons. The molecule has 1 heterocycles. The molecule has 17 heteroatoms. The Labute approximate surface area is 170 Å². The fraction of sp³-hybridized carbons (Fsp3) is 0.417. The van der Waals surface area contributed by atoms with Crippen LogP contribution in [0.15, 0.2) is 18.2 Å². The van der Waals surface area contributed by atoms with Gasteiger partial charge >= 0.3 is 170 Å². The van der Waals surface area contributed by atoms with Crippen LogP contribution in [-0.2, 0) is 35.7 Å². The van der Waals surface area contributed by atoms with Gasteiger partial charge in [-0.1, -0.05) is 0 Å². The summed E-state index contributed by atoms with van der Waals surface area (Å²) in [6.45, 7) is 1.05. The Kier molecular flexibility index (Phi) is 6.64. The van der Waals surface area contributed by atoms with Gasteiger partial charge in [0, 0.05) is 0 Å². The van der Waals surface area contributed by atoms with E-state index < -0.39 is 63.9 Å². The monoisotopic (exact) mass is 663 g/mol. The maximum absolute atomic E-state index is 12.7. The van der Waals surface area contributed by atoms with Gasteiger partial charge in [-0.15, -0.1) is 0 Å². The second-order valence-electron chi connectivity index (χ2n) is 5.60. The molecule has 0 aliphatic carbocycles. The van der Waals surface area contributed by atoms with Crippen LogP contribution >= 0.6 is 0 Å². The van der Waals surface area contributed by atoms with Crippen LogP contribution in [0.5, 0.6) is 0 Å². The summed E-state index contributed by atoms with van der Waals surface area (Å²) in [5.41, 5.74) is -12.0. The molecule has 0 spiro atoms.